The van der Waals surface area contributed by atoms with Crippen molar-refractivity contribution in [3.8, 4) is 11.5 Å². The summed E-state index contributed by atoms with van der Waals surface area (Å²) in [5, 5.41) is 2.47. The number of hydrogen-bond acceptors (Lipinski definition) is 6. The van der Waals surface area contributed by atoms with E-state index in [2.05, 4.69) is 5.32 Å². The normalized spacial score (nSPS) is 17.1. The van der Waals surface area contributed by atoms with Gasteiger partial charge >= 0.3 is 6.09 Å². The number of alkyl carbamates (subject to hydrolysis) is 1. The molecule has 1 aromatic carbocycles. The Morgan fingerprint density at radius 1 is 1.19 bits per heavy atom. The fourth-order valence-electron chi connectivity index (χ4n) is 2.76. The van der Waals surface area contributed by atoms with Crippen molar-refractivity contribution in [2.24, 2.45) is 0 Å². The third-order valence-electron chi connectivity index (χ3n) is 4.01. The van der Waals surface area contributed by atoms with Gasteiger partial charge < -0.3 is 19.5 Å². The smallest absolute Gasteiger partial charge is 0.408 e. The van der Waals surface area contributed by atoms with E-state index in [0.29, 0.717) is 17.9 Å². The second kappa shape index (κ2) is 8.28. The summed E-state index contributed by atoms with van der Waals surface area (Å²) in [6.45, 7) is 5.40. The maximum absolute atomic E-state index is 12.5. The number of carbonyl (C=O) groups is 3. The third-order valence-corrected chi connectivity index (χ3v) is 4.01. The molecule has 1 atom stereocenters. The van der Waals surface area contributed by atoms with E-state index in [1.165, 1.54) is 4.90 Å². The van der Waals surface area contributed by atoms with Crippen LogP contribution in [0.2, 0.25) is 0 Å². The van der Waals surface area contributed by atoms with Gasteiger partial charge in [0.15, 0.2) is 11.5 Å². The predicted molar refractivity (Wildman–Crippen MR) is 97.7 cm³/mol. The minimum Gasteiger partial charge on any atom is -0.493 e. The van der Waals surface area contributed by atoms with Gasteiger partial charge in [0.25, 0.3) is 5.91 Å². The minimum absolute atomic E-state index is 0.0655. The summed E-state index contributed by atoms with van der Waals surface area (Å²) in [5.41, 5.74) is 0.222. The van der Waals surface area contributed by atoms with Gasteiger partial charge in [0.1, 0.15) is 11.6 Å². The number of likely N-dealkylation sites (tertiary alicyclic amines) is 1. The minimum atomic E-state index is -0.891. The van der Waals surface area contributed by atoms with Gasteiger partial charge in [-0.2, -0.15) is 0 Å². The van der Waals surface area contributed by atoms with Gasteiger partial charge in [0.05, 0.1) is 20.6 Å². The Labute approximate surface area is 158 Å². The third kappa shape index (κ3) is 5.35. The number of hydrogen-bond donors (Lipinski definition) is 1. The molecule has 8 nitrogen and oxygen atoms in total. The number of imide groups is 1. The fraction of sp³-hybridized carbons (Fsp3) is 0.526. The molecule has 148 valence electrons. The molecular formula is C19H26N2O6. The quantitative estimate of drug-likeness (QED) is 0.760. The van der Waals surface area contributed by atoms with Crippen LogP contribution in [0, 0.1) is 0 Å². The van der Waals surface area contributed by atoms with Crippen LogP contribution in [0.5, 0.6) is 11.5 Å². The van der Waals surface area contributed by atoms with Crippen LogP contribution in [0.4, 0.5) is 4.79 Å². The summed E-state index contributed by atoms with van der Waals surface area (Å²) >= 11 is 0. The maximum Gasteiger partial charge on any atom is 0.408 e. The van der Waals surface area contributed by atoms with Crippen LogP contribution >= 0.6 is 0 Å². The summed E-state index contributed by atoms with van der Waals surface area (Å²) in [6.07, 6.45) is -0.309. The Balaban J connectivity index is 1.96. The van der Waals surface area contributed by atoms with E-state index in [9.17, 15) is 14.4 Å². The molecule has 0 spiro atoms. The van der Waals surface area contributed by atoms with Gasteiger partial charge in [-0.1, -0.05) is 6.07 Å². The number of ether oxygens (including phenoxy) is 3. The number of nitrogens with one attached hydrogen (secondary N) is 1. The first kappa shape index (κ1) is 20.5. The highest BCUT2D eigenvalue weighted by atomic mass is 16.6. The lowest BCUT2D eigenvalue weighted by Crippen LogP contribution is -2.44. The zero-order valence-electron chi connectivity index (χ0n) is 16.3. The SMILES string of the molecule is COc1ccc(CCN2C(=O)CC(NC(=O)OC(C)(C)C)C2=O)cc1OC. The maximum atomic E-state index is 12.5. The molecule has 1 aromatic rings. The summed E-state index contributed by atoms with van der Waals surface area (Å²) in [6, 6.07) is 4.54. The van der Waals surface area contributed by atoms with Crippen LogP contribution in [-0.4, -0.2) is 55.2 Å². The van der Waals surface area contributed by atoms with Gasteiger partial charge in [-0.05, 0) is 44.9 Å². The molecule has 1 heterocycles. The largest absolute Gasteiger partial charge is 0.493 e. The molecule has 1 aliphatic rings. The van der Waals surface area contributed by atoms with Gasteiger partial charge in [0, 0.05) is 6.54 Å². The highest BCUT2D eigenvalue weighted by molar-refractivity contribution is 6.06. The average molecular weight is 378 g/mol. The topological polar surface area (TPSA) is 94.2 Å². The second-order valence-electron chi connectivity index (χ2n) is 7.23. The van der Waals surface area contributed by atoms with E-state index in [1.54, 1.807) is 47.1 Å². The van der Waals surface area contributed by atoms with Crippen molar-refractivity contribution < 1.29 is 28.6 Å². The van der Waals surface area contributed by atoms with E-state index < -0.39 is 23.6 Å². The van der Waals surface area contributed by atoms with Gasteiger partial charge in [-0.15, -0.1) is 0 Å². The van der Waals surface area contributed by atoms with E-state index >= 15 is 0 Å². The Morgan fingerprint density at radius 3 is 2.44 bits per heavy atom. The standard InChI is InChI=1S/C19H26N2O6/c1-19(2,3)27-18(24)20-13-11-16(22)21(17(13)23)9-8-12-6-7-14(25-4)15(10-12)26-5/h6-7,10,13H,8-9,11H2,1-5H3,(H,20,24). The molecule has 0 aromatic heterocycles. The van der Waals surface area contributed by atoms with Crippen LogP contribution in [0.15, 0.2) is 18.2 Å². The summed E-state index contributed by atoms with van der Waals surface area (Å²) in [7, 11) is 3.10. The monoisotopic (exact) mass is 378 g/mol. The van der Waals surface area contributed by atoms with Crippen LogP contribution in [0.3, 0.4) is 0 Å². The number of carbonyl (C=O) groups excluding carboxylic acids is 3. The highest BCUT2D eigenvalue weighted by Gasteiger charge is 2.39. The zero-order valence-corrected chi connectivity index (χ0v) is 16.3. The molecule has 0 bridgehead atoms. The zero-order chi connectivity index (χ0) is 20.2. The van der Waals surface area contributed by atoms with Crippen molar-refractivity contribution in [3.05, 3.63) is 23.8 Å². The Kier molecular flexibility index (Phi) is 6.30. The Hall–Kier alpha value is -2.77. The van der Waals surface area contributed by atoms with E-state index in [-0.39, 0.29) is 18.9 Å². The van der Waals surface area contributed by atoms with Crippen molar-refractivity contribution >= 4 is 17.9 Å². The van der Waals surface area contributed by atoms with Gasteiger partial charge in [-0.3, -0.25) is 14.5 Å². The molecule has 0 aliphatic carbocycles. The predicted octanol–water partition coefficient (Wildman–Crippen LogP) is 1.90. The molecule has 27 heavy (non-hydrogen) atoms. The van der Waals surface area contributed by atoms with E-state index in [4.69, 9.17) is 14.2 Å². The van der Waals surface area contributed by atoms with Crippen molar-refractivity contribution in [2.45, 2.75) is 45.3 Å². The number of benzene rings is 1. The van der Waals surface area contributed by atoms with Crippen molar-refractivity contribution in [2.75, 3.05) is 20.8 Å². The lowest BCUT2D eigenvalue weighted by Gasteiger charge is -2.21. The molecule has 1 aliphatic heterocycles. The van der Waals surface area contributed by atoms with E-state index in [1.807, 2.05) is 6.07 Å². The van der Waals surface area contributed by atoms with Gasteiger partial charge in [-0.25, -0.2) is 4.79 Å². The molecule has 1 unspecified atom stereocenters. The first-order valence-electron chi connectivity index (χ1n) is 8.69. The molecule has 0 radical (unpaired) electrons. The van der Waals surface area contributed by atoms with E-state index in [0.717, 1.165) is 5.56 Å². The van der Waals surface area contributed by atoms with Crippen molar-refractivity contribution in [1.29, 1.82) is 0 Å². The van der Waals surface area contributed by atoms with Crippen molar-refractivity contribution in [3.63, 3.8) is 0 Å². The Morgan fingerprint density at radius 2 is 1.85 bits per heavy atom. The van der Waals surface area contributed by atoms with Crippen LogP contribution < -0.4 is 14.8 Å². The van der Waals surface area contributed by atoms with Crippen LogP contribution in [-0.2, 0) is 20.7 Å². The lowest BCUT2D eigenvalue weighted by molar-refractivity contribution is -0.138. The first-order chi connectivity index (χ1) is 12.6. The molecule has 1 N–H and O–H groups in total. The molecule has 1 saturated heterocycles. The highest BCUT2D eigenvalue weighted by Crippen LogP contribution is 2.28. The number of rotatable bonds is 6. The fourth-order valence-corrected chi connectivity index (χ4v) is 2.76. The summed E-state index contributed by atoms with van der Waals surface area (Å²) in [4.78, 5) is 37.6. The molecular weight excluding hydrogens is 352 g/mol. The van der Waals surface area contributed by atoms with Gasteiger partial charge in [0.2, 0.25) is 5.91 Å². The van der Waals surface area contributed by atoms with Crippen LogP contribution in [0.25, 0.3) is 0 Å². The average Bonchev–Trinajstić information content (AvgIpc) is 2.84. The first-order valence-corrected chi connectivity index (χ1v) is 8.69. The number of amides is 3. The molecule has 8 heteroatoms. The molecule has 0 saturated carbocycles. The lowest BCUT2D eigenvalue weighted by atomic mass is 10.1. The van der Waals surface area contributed by atoms with Crippen molar-refractivity contribution in [1.82, 2.24) is 10.2 Å². The van der Waals surface area contributed by atoms with Crippen LogP contribution in [0.1, 0.15) is 32.8 Å². The number of nitrogens with zero attached hydrogens (tertiary/aromatic N) is 1. The molecule has 3 amide bonds. The summed E-state index contributed by atoms with van der Waals surface area (Å²) in [5.74, 6) is 0.447. The Bertz CT molecular complexity index is 725. The second-order valence-corrected chi connectivity index (χ2v) is 7.23. The molecule has 2 rings (SSSR count). The summed E-state index contributed by atoms with van der Waals surface area (Å²) < 4.78 is 15.6. The number of methoxy groups -OCH3 is 2. The molecule has 1 fully saturated rings.